The van der Waals surface area contributed by atoms with Gasteiger partial charge in [-0.05, 0) is 74.2 Å². The van der Waals surface area contributed by atoms with Crippen molar-refractivity contribution in [1.29, 1.82) is 0 Å². The molecule has 3 rings (SSSR count). The normalized spacial score (nSPS) is 11.4. The van der Waals surface area contributed by atoms with Crippen molar-refractivity contribution in [2.45, 2.75) is 32.1 Å². The third-order valence-electron chi connectivity index (χ3n) is 5.03. The first kappa shape index (κ1) is 23.9. The van der Waals surface area contributed by atoms with Gasteiger partial charge in [0, 0.05) is 17.3 Å². The van der Waals surface area contributed by atoms with Gasteiger partial charge in [-0.15, -0.1) is 0 Å². The van der Waals surface area contributed by atoms with Crippen molar-refractivity contribution in [3.05, 3.63) is 93.3 Å². The fraction of sp³-hybridized carbons (Fsp3) is 0.208. The minimum Gasteiger partial charge on any atom is -0.321 e. The fourth-order valence-electron chi connectivity index (χ4n) is 3.47. The third kappa shape index (κ3) is 5.73. The first-order chi connectivity index (χ1) is 15.1. The Labute approximate surface area is 192 Å². The molecule has 0 heterocycles. The molecule has 0 spiro atoms. The molecule has 32 heavy (non-hydrogen) atoms. The Hall–Kier alpha value is -2.74. The SMILES string of the molecule is Cc1cc(C)c(NC(=O)c2cc(S(=O)(=O)NCCc3ccc(Cl)cc3)ccc2F)c(C)c1. The maximum Gasteiger partial charge on any atom is 0.258 e. The quantitative estimate of drug-likeness (QED) is 0.495. The van der Waals surface area contributed by atoms with Crippen molar-refractivity contribution in [1.82, 2.24) is 4.72 Å². The highest BCUT2D eigenvalue weighted by molar-refractivity contribution is 7.89. The topological polar surface area (TPSA) is 75.3 Å². The monoisotopic (exact) mass is 474 g/mol. The van der Waals surface area contributed by atoms with Crippen molar-refractivity contribution in [2.24, 2.45) is 0 Å². The number of aryl methyl sites for hydroxylation is 3. The molecule has 0 fully saturated rings. The molecule has 0 aromatic heterocycles. The number of carbonyl (C=O) groups excluding carboxylic acids is 1. The van der Waals surface area contributed by atoms with Crippen molar-refractivity contribution < 1.29 is 17.6 Å². The largest absolute Gasteiger partial charge is 0.321 e. The van der Waals surface area contributed by atoms with Crippen LogP contribution in [0.15, 0.2) is 59.5 Å². The average Bonchev–Trinajstić information content (AvgIpc) is 2.72. The lowest BCUT2D eigenvalue weighted by atomic mass is 10.0. The number of hydrogen-bond acceptors (Lipinski definition) is 3. The van der Waals surface area contributed by atoms with Crippen LogP contribution in [0.25, 0.3) is 0 Å². The second-order valence-corrected chi connectivity index (χ2v) is 9.85. The molecule has 3 aromatic rings. The predicted molar refractivity (Wildman–Crippen MR) is 125 cm³/mol. The van der Waals surface area contributed by atoms with Gasteiger partial charge >= 0.3 is 0 Å². The molecule has 0 saturated heterocycles. The first-order valence-electron chi connectivity index (χ1n) is 9.99. The van der Waals surface area contributed by atoms with Crippen LogP contribution < -0.4 is 10.0 Å². The molecule has 5 nitrogen and oxygen atoms in total. The van der Waals surface area contributed by atoms with E-state index in [9.17, 15) is 17.6 Å². The maximum atomic E-state index is 14.4. The van der Waals surface area contributed by atoms with E-state index in [1.807, 2.05) is 45.0 Å². The van der Waals surface area contributed by atoms with Gasteiger partial charge in [-0.3, -0.25) is 4.79 Å². The van der Waals surface area contributed by atoms with Crippen LogP contribution >= 0.6 is 11.6 Å². The van der Waals surface area contributed by atoms with Crippen LogP contribution in [0, 0.1) is 26.6 Å². The maximum absolute atomic E-state index is 14.4. The standard InChI is InChI=1S/C24H24ClFN2O3S/c1-15-12-16(2)23(17(3)13-15)28-24(29)21-14-20(8-9-22(21)26)32(30,31)27-11-10-18-4-6-19(25)7-5-18/h4-9,12-14,27H,10-11H2,1-3H3,(H,28,29). The van der Waals surface area contributed by atoms with Crippen molar-refractivity contribution in [3.8, 4) is 0 Å². The van der Waals surface area contributed by atoms with Gasteiger partial charge in [-0.2, -0.15) is 0 Å². The Kier molecular flexibility index (Phi) is 7.33. The molecule has 0 atom stereocenters. The smallest absolute Gasteiger partial charge is 0.258 e. The number of carbonyl (C=O) groups is 1. The molecule has 0 aliphatic rings. The number of halogens is 2. The fourth-order valence-corrected chi connectivity index (χ4v) is 4.65. The van der Waals surface area contributed by atoms with Gasteiger partial charge in [-0.1, -0.05) is 41.4 Å². The summed E-state index contributed by atoms with van der Waals surface area (Å²) in [6, 6.07) is 14.1. The Balaban J connectivity index is 1.76. The Morgan fingerprint density at radius 3 is 2.22 bits per heavy atom. The van der Waals surface area contributed by atoms with Crippen LogP contribution in [0.3, 0.4) is 0 Å². The van der Waals surface area contributed by atoms with E-state index in [1.165, 1.54) is 0 Å². The summed E-state index contributed by atoms with van der Waals surface area (Å²) < 4.78 is 42.2. The summed E-state index contributed by atoms with van der Waals surface area (Å²) in [5.41, 5.74) is 3.87. The second-order valence-electron chi connectivity index (χ2n) is 7.64. The average molecular weight is 475 g/mol. The van der Waals surface area contributed by atoms with Gasteiger partial charge in [0.1, 0.15) is 5.82 Å². The van der Waals surface area contributed by atoms with Crippen LogP contribution in [-0.2, 0) is 16.4 Å². The van der Waals surface area contributed by atoms with E-state index >= 15 is 0 Å². The summed E-state index contributed by atoms with van der Waals surface area (Å²) in [6.07, 6.45) is 0.455. The molecule has 8 heteroatoms. The van der Waals surface area contributed by atoms with Crippen LogP contribution in [-0.4, -0.2) is 20.9 Å². The number of amides is 1. The summed E-state index contributed by atoms with van der Waals surface area (Å²) >= 11 is 5.85. The van der Waals surface area contributed by atoms with E-state index in [1.54, 1.807) is 12.1 Å². The van der Waals surface area contributed by atoms with Crippen LogP contribution in [0.2, 0.25) is 5.02 Å². The van der Waals surface area contributed by atoms with E-state index in [-0.39, 0.29) is 17.0 Å². The van der Waals surface area contributed by atoms with Crippen molar-refractivity contribution >= 4 is 33.2 Å². The molecule has 3 aromatic carbocycles. The van der Waals surface area contributed by atoms with Gasteiger partial charge in [0.05, 0.1) is 10.5 Å². The highest BCUT2D eigenvalue weighted by atomic mass is 35.5. The first-order valence-corrected chi connectivity index (χ1v) is 11.9. The Morgan fingerprint density at radius 1 is 0.969 bits per heavy atom. The lowest BCUT2D eigenvalue weighted by molar-refractivity contribution is 0.102. The number of sulfonamides is 1. The minimum absolute atomic E-state index is 0.143. The zero-order chi connectivity index (χ0) is 23.5. The lowest BCUT2D eigenvalue weighted by Crippen LogP contribution is -2.26. The molecule has 0 saturated carbocycles. The number of rotatable bonds is 7. The molecule has 0 unspecified atom stereocenters. The number of nitrogens with one attached hydrogen (secondary N) is 2. The predicted octanol–water partition coefficient (Wildman–Crippen LogP) is 5.18. The highest BCUT2D eigenvalue weighted by Crippen LogP contribution is 2.24. The van der Waals surface area contributed by atoms with Crippen molar-refractivity contribution in [3.63, 3.8) is 0 Å². The van der Waals surface area contributed by atoms with E-state index in [2.05, 4.69) is 10.0 Å². The zero-order valence-corrected chi connectivity index (χ0v) is 19.6. The zero-order valence-electron chi connectivity index (χ0n) is 18.0. The molecular weight excluding hydrogens is 451 g/mol. The van der Waals surface area contributed by atoms with E-state index in [4.69, 9.17) is 11.6 Å². The summed E-state index contributed by atoms with van der Waals surface area (Å²) in [5, 5.41) is 3.31. The van der Waals surface area contributed by atoms with Gasteiger partial charge in [0.25, 0.3) is 5.91 Å². The molecule has 0 radical (unpaired) electrons. The number of benzene rings is 3. The number of anilines is 1. The van der Waals surface area contributed by atoms with E-state index in [0.717, 1.165) is 40.5 Å². The Morgan fingerprint density at radius 2 is 1.59 bits per heavy atom. The Bertz CT molecular complexity index is 1240. The van der Waals surface area contributed by atoms with E-state index in [0.29, 0.717) is 17.1 Å². The third-order valence-corrected chi connectivity index (χ3v) is 6.74. The summed E-state index contributed by atoms with van der Waals surface area (Å²) in [4.78, 5) is 12.6. The minimum atomic E-state index is -3.93. The second kappa shape index (κ2) is 9.81. The van der Waals surface area contributed by atoms with Crippen LogP contribution in [0.1, 0.15) is 32.6 Å². The summed E-state index contributed by atoms with van der Waals surface area (Å²) in [6.45, 7) is 5.78. The summed E-state index contributed by atoms with van der Waals surface area (Å²) in [5.74, 6) is -1.51. The van der Waals surface area contributed by atoms with E-state index < -0.39 is 21.7 Å². The number of hydrogen-bond donors (Lipinski definition) is 2. The van der Waals surface area contributed by atoms with Crippen LogP contribution in [0.5, 0.6) is 0 Å². The molecule has 0 aliphatic heterocycles. The van der Waals surface area contributed by atoms with Gasteiger partial charge in [0.2, 0.25) is 10.0 Å². The molecular formula is C24H24ClFN2O3S. The van der Waals surface area contributed by atoms with Crippen LogP contribution in [0.4, 0.5) is 10.1 Å². The lowest BCUT2D eigenvalue weighted by Gasteiger charge is -2.14. The molecule has 1 amide bonds. The molecule has 168 valence electrons. The summed E-state index contributed by atoms with van der Waals surface area (Å²) in [7, 11) is -3.93. The molecule has 0 bridgehead atoms. The van der Waals surface area contributed by atoms with Gasteiger partial charge in [-0.25, -0.2) is 17.5 Å². The molecule has 2 N–H and O–H groups in total. The van der Waals surface area contributed by atoms with Crippen molar-refractivity contribution in [2.75, 3.05) is 11.9 Å². The van der Waals surface area contributed by atoms with Gasteiger partial charge in [0.15, 0.2) is 0 Å². The highest BCUT2D eigenvalue weighted by Gasteiger charge is 2.20. The van der Waals surface area contributed by atoms with Gasteiger partial charge < -0.3 is 5.32 Å². The molecule has 0 aliphatic carbocycles.